The van der Waals surface area contributed by atoms with Gasteiger partial charge in [0.2, 0.25) is 0 Å². The molecular weight excluding hydrogens is 264 g/mol. The van der Waals surface area contributed by atoms with Crippen molar-refractivity contribution < 1.29 is 0 Å². The fourth-order valence-corrected chi connectivity index (χ4v) is 3.05. The van der Waals surface area contributed by atoms with E-state index in [9.17, 15) is 0 Å². The Morgan fingerprint density at radius 2 is 1.27 bits per heavy atom. The van der Waals surface area contributed by atoms with Crippen molar-refractivity contribution in [2.24, 2.45) is 0 Å². The fraction of sp³-hybridized carbons (Fsp3) is 0.182. The van der Waals surface area contributed by atoms with Gasteiger partial charge in [0.15, 0.2) is 0 Å². The van der Waals surface area contributed by atoms with E-state index in [1.165, 1.54) is 27.8 Å². The predicted octanol–water partition coefficient (Wildman–Crippen LogP) is 5.74. The number of hydrogen-bond donors (Lipinski definition) is 0. The van der Waals surface area contributed by atoms with E-state index >= 15 is 0 Å². The summed E-state index contributed by atoms with van der Waals surface area (Å²) in [6.07, 6.45) is 1.00. The van der Waals surface area contributed by atoms with Crippen molar-refractivity contribution in [1.82, 2.24) is 0 Å². The van der Waals surface area contributed by atoms with Gasteiger partial charge >= 0.3 is 0 Å². The molecule has 0 heterocycles. The summed E-state index contributed by atoms with van der Waals surface area (Å²) >= 11 is 0. The van der Waals surface area contributed by atoms with Gasteiger partial charge in [-0.1, -0.05) is 85.8 Å². The first-order valence-corrected chi connectivity index (χ1v) is 7.93. The Balaban J connectivity index is 1.95. The Labute approximate surface area is 133 Å². The van der Waals surface area contributed by atoms with Crippen molar-refractivity contribution >= 4 is 0 Å². The Bertz CT molecular complexity index is 741. The van der Waals surface area contributed by atoms with Crippen molar-refractivity contribution in [3.05, 3.63) is 107 Å². The summed E-state index contributed by atoms with van der Waals surface area (Å²) < 4.78 is 0. The summed E-state index contributed by atoms with van der Waals surface area (Å²) in [6, 6.07) is 28.3. The lowest BCUT2D eigenvalue weighted by Gasteiger charge is -2.18. The molecule has 0 aliphatic carbocycles. The van der Waals surface area contributed by atoms with Crippen LogP contribution in [0.25, 0.3) is 0 Å². The van der Waals surface area contributed by atoms with Crippen molar-refractivity contribution in [3.63, 3.8) is 0 Å². The molecule has 0 aliphatic rings. The van der Waals surface area contributed by atoms with Crippen LogP contribution in [0.4, 0.5) is 0 Å². The first kappa shape index (κ1) is 14.6. The molecule has 1 atom stereocenters. The SMILES string of the molecule is Cc1ccccc1Cc1ccccc1C(C)c1ccccc1. The van der Waals surface area contributed by atoms with Crippen molar-refractivity contribution in [1.29, 1.82) is 0 Å². The van der Waals surface area contributed by atoms with Crippen molar-refractivity contribution in [2.75, 3.05) is 0 Å². The zero-order chi connectivity index (χ0) is 15.4. The molecule has 0 aliphatic heterocycles. The lowest BCUT2D eigenvalue weighted by atomic mass is 9.87. The number of benzene rings is 3. The van der Waals surface area contributed by atoms with Gasteiger partial charge in [-0.2, -0.15) is 0 Å². The number of rotatable bonds is 4. The van der Waals surface area contributed by atoms with Gasteiger partial charge in [0.05, 0.1) is 0 Å². The first-order valence-electron chi connectivity index (χ1n) is 7.93. The summed E-state index contributed by atoms with van der Waals surface area (Å²) in [5, 5.41) is 0. The predicted molar refractivity (Wildman–Crippen MR) is 94.4 cm³/mol. The highest BCUT2D eigenvalue weighted by Crippen LogP contribution is 2.28. The Morgan fingerprint density at radius 1 is 0.682 bits per heavy atom. The van der Waals surface area contributed by atoms with Crippen LogP contribution in [0, 0.1) is 6.92 Å². The van der Waals surface area contributed by atoms with E-state index in [1.54, 1.807) is 0 Å². The topological polar surface area (TPSA) is 0 Å². The summed E-state index contributed by atoms with van der Waals surface area (Å²) in [4.78, 5) is 0. The van der Waals surface area contributed by atoms with Crippen LogP contribution in [-0.4, -0.2) is 0 Å². The van der Waals surface area contributed by atoms with Gasteiger partial charge in [0, 0.05) is 5.92 Å². The second-order valence-electron chi connectivity index (χ2n) is 5.93. The third kappa shape index (κ3) is 3.12. The van der Waals surface area contributed by atoms with Gasteiger partial charge in [-0.05, 0) is 41.2 Å². The summed E-state index contributed by atoms with van der Waals surface area (Å²) in [5.74, 6) is 0.418. The minimum atomic E-state index is 0.418. The molecule has 22 heavy (non-hydrogen) atoms. The summed E-state index contributed by atoms with van der Waals surface area (Å²) in [7, 11) is 0. The molecule has 0 fully saturated rings. The maximum atomic E-state index is 2.30. The Hall–Kier alpha value is -2.34. The van der Waals surface area contributed by atoms with Gasteiger partial charge in [-0.3, -0.25) is 0 Å². The molecule has 3 aromatic rings. The quantitative estimate of drug-likeness (QED) is 0.574. The monoisotopic (exact) mass is 286 g/mol. The minimum absolute atomic E-state index is 0.418. The van der Waals surface area contributed by atoms with Crippen LogP contribution < -0.4 is 0 Å². The average Bonchev–Trinajstić information content (AvgIpc) is 2.58. The molecule has 3 rings (SSSR count). The van der Waals surface area contributed by atoms with Crippen LogP contribution in [0.2, 0.25) is 0 Å². The number of aryl methyl sites for hydroxylation is 1. The van der Waals surface area contributed by atoms with Crippen LogP contribution in [0.1, 0.15) is 40.7 Å². The fourth-order valence-electron chi connectivity index (χ4n) is 3.05. The molecule has 0 spiro atoms. The van der Waals surface area contributed by atoms with E-state index in [0.29, 0.717) is 5.92 Å². The van der Waals surface area contributed by atoms with Gasteiger partial charge in [-0.15, -0.1) is 0 Å². The van der Waals surface area contributed by atoms with Crippen LogP contribution in [0.5, 0.6) is 0 Å². The lowest BCUT2D eigenvalue weighted by molar-refractivity contribution is 0.898. The van der Waals surface area contributed by atoms with Gasteiger partial charge in [0.1, 0.15) is 0 Å². The van der Waals surface area contributed by atoms with E-state index in [4.69, 9.17) is 0 Å². The molecule has 0 bridgehead atoms. The highest BCUT2D eigenvalue weighted by molar-refractivity contribution is 5.41. The molecule has 0 nitrogen and oxygen atoms in total. The zero-order valence-electron chi connectivity index (χ0n) is 13.3. The normalized spacial score (nSPS) is 12.1. The maximum absolute atomic E-state index is 2.30. The van der Waals surface area contributed by atoms with Crippen LogP contribution >= 0.6 is 0 Å². The second-order valence-corrected chi connectivity index (χ2v) is 5.93. The standard InChI is InChI=1S/C22H22/c1-17-10-6-7-13-20(17)16-21-14-8-9-15-22(21)18(2)19-11-4-3-5-12-19/h3-15,18H,16H2,1-2H3. The molecule has 110 valence electrons. The van der Waals surface area contributed by atoms with E-state index in [-0.39, 0.29) is 0 Å². The van der Waals surface area contributed by atoms with Gasteiger partial charge in [-0.25, -0.2) is 0 Å². The highest BCUT2D eigenvalue weighted by atomic mass is 14.2. The molecule has 0 amide bonds. The van der Waals surface area contributed by atoms with E-state index < -0.39 is 0 Å². The first-order chi connectivity index (χ1) is 10.8. The largest absolute Gasteiger partial charge is 0.0622 e. The summed E-state index contributed by atoms with van der Waals surface area (Å²) in [5.41, 5.74) is 7.00. The Kier molecular flexibility index (Phi) is 4.39. The molecule has 1 unspecified atom stereocenters. The van der Waals surface area contributed by atoms with E-state index in [2.05, 4.69) is 92.7 Å². The van der Waals surface area contributed by atoms with E-state index in [0.717, 1.165) is 6.42 Å². The van der Waals surface area contributed by atoms with Crippen LogP contribution in [0.3, 0.4) is 0 Å². The maximum Gasteiger partial charge on any atom is 0.00638 e. The molecule has 0 N–H and O–H groups in total. The average molecular weight is 286 g/mol. The molecule has 0 aromatic heterocycles. The third-order valence-electron chi connectivity index (χ3n) is 4.46. The van der Waals surface area contributed by atoms with Gasteiger partial charge in [0.25, 0.3) is 0 Å². The second kappa shape index (κ2) is 6.62. The number of hydrogen-bond acceptors (Lipinski definition) is 0. The summed E-state index contributed by atoms with van der Waals surface area (Å²) in [6.45, 7) is 4.49. The van der Waals surface area contributed by atoms with E-state index in [1.807, 2.05) is 0 Å². The van der Waals surface area contributed by atoms with Crippen molar-refractivity contribution in [3.8, 4) is 0 Å². The Morgan fingerprint density at radius 3 is 2.00 bits per heavy atom. The van der Waals surface area contributed by atoms with Crippen LogP contribution in [0.15, 0.2) is 78.9 Å². The molecule has 0 radical (unpaired) electrons. The highest BCUT2D eigenvalue weighted by Gasteiger charge is 2.12. The molecule has 3 aromatic carbocycles. The van der Waals surface area contributed by atoms with Gasteiger partial charge < -0.3 is 0 Å². The minimum Gasteiger partial charge on any atom is -0.0622 e. The molecule has 0 heteroatoms. The molecular formula is C22H22. The lowest BCUT2D eigenvalue weighted by Crippen LogP contribution is -2.02. The zero-order valence-corrected chi connectivity index (χ0v) is 13.3. The smallest absolute Gasteiger partial charge is 0.00638 e. The van der Waals surface area contributed by atoms with Crippen LogP contribution in [-0.2, 0) is 6.42 Å². The van der Waals surface area contributed by atoms with Crippen molar-refractivity contribution in [2.45, 2.75) is 26.2 Å². The molecule has 0 saturated heterocycles. The molecule has 0 saturated carbocycles. The third-order valence-corrected chi connectivity index (χ3v) is 4.46.